The molecule has 0 radical (unpaired) electrons. The normalized spacial score (nSPS) is 9.30. The molecule has 0 aliphatic heterocycles. The molecule has 0 saturated carbocycles. The Balaban J connectivity index is 2.84. The van der Waals surface area contributed by atoms with Crippen molar-refractivity contribution in [2.75, 3.05) is 19.8 Å². The van der Waals surface area contributed by atoms with E-state index in [0.29, 0.717) is 12.4 Å². The van der Waals surface area contributed by atoms with Crippen LogP contribution in [0.3, 0.4) is 0 Å². The van der Waals surface area contributed by atoms with Gasteiger partial charge in [0.25, 0.3) is 0 Å². The van der Waals surface area contributed by atoms with Crippen LogP contribution in [-0.2, 0) is 4.74 Å². The highest BCUT2D eigenvalue weighted by molar-refractivity contribution is 4.81. The average molecular weight is 144 g/mol. The molecule has 0 amide bonds. The lowest BCUT2D eigenvalue weighted by molar-refractivity contribution is 0.138. The molecule has 0 heterocycles. The number of hydrogen-bond acceptors (Lipinski definition) is 3. The van der Waals surface area contributed by atoms with E-state index in [1.54, 1.807) is 0 Å². The minimum absolute atomic E-state index is 0.500. The van der Waals surface area contributed by atoms with Crippen LogP contribution in [0.15, 0.2) is 12.4 Å². The number of hydrogen-bond donors (Lipinski definition) is 2. The fourth-order valence-electron chi connectivity index (χ4n) is 0.530. The van der Waals surface area contributed by atoms with E-state index in [2.05, 4.69) is 18.8 Å². The van der Waals surface area contributed by atoms with Crippen LogP contribution in [0.2, 0.25) is 0 Å². The van der Waals surface area contributed by atoms with Gasteiger partial charge in [0, 0.05) is 13.2 Å². The quantitative estimate of drug-likeness (QED) is 0.531. The monoisotopic (exact) mass is 144 g/mol. The van der Waals surface area contributed by atoms with Crippen molar-refractivity contribution in [3.8, 4) is 0 Å². The van der Waals surface area contributed by atoms with Crippen molar-refractivity contribution in [3.63, 3.8) is 0 Å². The molecule has 60 valence electrons. The Bertz CT molecular complexity index is 93.6. The van der Waals surface area contributed by atoms with Crippen LogP contribution in [0.25, 0.3) is 0 Å². The smallest absolute Gasteiger partial charge is 0.0886 e. The van der Waals surface area contributed by atoms with Crippen LogP contribution in [-0.4, -0.2) is 19.8 Å². The minimum Gasteiger partial charge on any atom is -0.386 e. The molecule has 0 rings (SSSR count). The Morgan fingerprint density at radius 3 is 2.80 bits per heavy atom. The molecule has 0 unspecified atom stereocenters. The minimum atomic E-state index is 0.500. The number of rotatable bonds is 6. The maximum absolute atomic E-state index is 5.25. The van der Waals surface area contributed by atoms with Crippen molar-refractivity contribution in [2.45, 2.75) is 13.3 Å². The average Bonchev–Trinajstić information content (AvgIpc) is 1.87. The molecule has 0 fully saturated rings. The molecular weight excluding hydrogens is 128 g/mol. The van der Waals surface area contributed by atoms with Crippen LogP contribution < -0.4 is 11.1 Å². The van der Waals surface area contributed by atoms with E-state index in [0.717, 1.165) is 19.6 Å². The lowest BCUT2D eigenvalue weighted by atomic mass is 10.5. The van der Waals surface area contributed by atoms with Gasteiger partial charge in [-0.05, 0) is 6.42 Å². The summed E-state index contributed by atoms with van der Waals surface area (Å²) >= 11 is 0. The molecule has 0 saturated heterocycles. The van der Waals surface area contributed by atoms with Gasteiger partial charge in [0.1, 0.15) is 0 Å². The SMILES string of the molecule is C=C(N)NCCOCCC. The van der Waals surface area contributed by atoms with E-state index in [-0.39, 0.29) is 0 Å². The van der Waals surface area contributed by atoms with Gasteiger partial charge in [0.15, 0.2) is 0 Å². The maximum atomic E-state index is 5.25. The Morgan fingerprint density at radius 1 is 1.60 bits per heavy atom. The first-order chi connectivity index (χ1) is 4.77. The standard InChI is InChI=1S/C7H16N2O/c1-3-5-10-6-4-9-7(2)8/h9H,2-6,8H2,1H3. The first-order valence-corrected chi connectivity index (χ1v) is 3.53. The second kappa shape index (κ2) is 6.42. The van der Waals surface area contributed by atoms with Gasteiger partial charge in [0.05, 0.1) is 12.4 Å². The van der Waals surface area contributed by atoms with Crippen molar-refractivity contribution >= 4 is 0 Å². The number of ether oxygens (including phenoxy) is 1. The van der Waals surface area contributed by atoms with E-state index in [9.17, 15) is 0 Å². The fraction of sp³-hybridized carbons (Fsp3) is 0.714. The summed E-state index contributed by atoms with van der Waals surface area (Å²) in [5.41, 5.74) is 5.25. The summed E-state index contributed by atoms with van der Waals surface area (Å²) in [4.78, 5) is 0. The predicted molar refractivity (Wildman–Crippen MR) is 42.4 cm³/mol. The second-order valence-corrected chi connectivity index (χ2v) is 2.06. The third kappa shape index (κ3) is 7.30. The van der Waals surface area contributed by atoms with Crippen LogP contribution in [0.1, 0.15) is 13.3 Å². The van der Waals surface area contributed by atoms with Crippen molar-refractivity contribution in [1.82, 2.24) is 5.32 Å². The topological polar surface area (TPSA) is 47.3 Å². The highest BCUT2D eigenvalue weighted by Crippen LogP contribution is 1.78. The summed E-state index contributed by atoms with van der Waals surface area (Å²) in [5, 5.41) is 2.86. The van der Waals surface area contributed by atoms with E-state index >= 15 is 0 Å². The number of nitrogens with two attached hydrogens (primary N) is 1. The second-order valence-electron chi connectivity index (χ2n) is 2.06. The van der Waals surface area contributed by atoms with Crippen LogP contribution in [0, 0.1) is 0 Å². The van der Waals surface area contributed by atoms with Crippen molar-refractivity contribution in [2.24, 2.45) is 5.73 Å². The first-order valence-electron chi connectivity index (χ1n) is 3.53. The molecule has 0 aliphatic rings. The molecule has 3 heteroatoms. The molecule has 10 heavy (non-hydrogen) atoms. The summed E-state index contributed by atoms with van der Waals surface area (Å²) in [6, 6.07) is 0. The molecule has 0 aliphatic carbocycles. The van der Waals surface area contributed by atoms with Crippen LogP contribution in [0.5, 0.6) is 0 Å². The first kappa shape index (κ1) is 9.30. The highest BCUT2D eigenvalue weighted by Gasteiger charge is 1.85. The predicted octanol–water partition coefficient (Wildman–Crippen LogP) is 0.432. The summed E-state index contributed by atoms with van der Waals surface area (Å²) in [6.07, 6.45) is 1.06. The molecule has 0 atom stereocenters. The van der Waals surface area contributed by atoms with Gasteiger partial charge < -0.3 is 15.8 Å². The van der Waals surface area contributed by atoms with Gasteiger partial charge in [-0.15, -0.1) is 0 Å². The zero-order valence-corrected chi connectivity index (χ0v) is 6.52. The third-order valence-electron chi connectivity index (χ3n) is 0.947. The van der Waals surface area contributed by atoms with Gasteiger partial charge >= 0.3 is 0 Å². The van der Waals surface area contributed by atoms with E-state index in [1.165, 1.54) is 0 Å². The summed E-state index contributed by atoms with van der Waals surface area (Å²) < 4.78 is 5.17. The summed E-state index contributed by atoms with van der Waals surface area (Å²) in [5.74, 6) is 0.500. The zero-order chi connectivity index (χ0) is 7.82. The van der Waals surface area contributed by atoms with E-state index in [4.69, 9.17) is 10.5 Å². The lowest BCUT2D eigenvalue weighted by Crippen LogP contribution is -2.23. The fourth-order valence-corrected chi connectivity index (χ4v) is 0.530. The molecule has 0 spiro atoms. The Hall–Kier alpha value is -0.700. The van der Waals surface area contributed by atoms with Gasteiger partial charge in [-0.25, -0.2) is 0 Å². The Labute approximate surface area is 62.2 Å². The van der Waals surface area contributed by atoms with E-state index in [1.807, 2.05) is 0 Å². The van der Waals surface area contributed by atoms with Crippen molar-refractivity contribution < 1.29 is 4.74 Å². The van der Waals surface area contributed by atoms with Gasteiger partial charge in [-0.2, -0.15) is 0 Å². The Kier molecular flexibility index (Phi) is 5.97. The highest BCUT2D eigenvalue weighted by atomic mass is 16.5. The van der Waals surface area contributed by atoms with Gasteiger partial charge in [0.2, 0.25) is 0 Å². The molecule has 0 aromatic carbocycles. The van der Waals surface area contributed by atoms with Crippen LogP contribution >= 0.6 is 0 Å². The van der Waals surface area contributed by atoms with Gasteiger partial charge in [-0.3, -0.25) is 0 Å². The molecule has 0 bridgehead atoms. The zero-order valence-electron chi connectivity index (χ0n) is 6.52. The van der Waals surface area contributed by atoms with Gasteiger partial charge in [-0.1, -0.05) is 13.5 Å². The summed E-state index contributed by atoms with van der Waals surface area (Å²) in [7, 11) is 0. The summed E-state index contributed by atoms with van der Waals surface area (Å²) in [6.45, 7) is 7.82. The molecule has 0 aromatic heterocycles. The molecule has 3 N–H and O–H groups in total. The molecular formula is C7H16N2O. The molecule has 3 nitrogen and oxygen atoms in total. The maximum Gasteiger partial charge on any atom is 0.0886 e. The van der Waals surface area contributed by atoms with Crippen LogP contribution in [0.4, 0.5) is 0 Å². The Morgan fingerprint density at radius 2 is 2.30 bits per heavy atom. The molecule has 0 aromatic rings. The third-order valence-corrected chi connectivity index (χ3v) is 0.947. The van der Waals surface area contributed by atoms with E-state index < -0.39 is 0 Å². The largest absolute Gasteiger partial charge is 0.386 e. The lowest BCUT2D eigenvalue weighted by Gasteiger charge is -2.04. The van der Waals surface area contributed by atoms with Crippen molar-refractivity contribution in [1.29, 1.82) is 0 Å². The van der Waals surface area contributed by atoms with Crippen molar-refractivity contribution in [3.05, 3.63) is 12.4 Å². The number of nitrogens with one attached hydrogen (secondary N) is 1.